The Kier molecular flexibility index (Phi) is 2.69. The molecular formula is C9H15NO4. The second-order valence-corrected chi connectivity index (χ2v) is 3.38. The van der Waals surface area contributed by atoms with Gasteiger partial charge in [-0.1, -0.05) is 0 Å². The summed E-state index contributed by atoms with van der Waals surface area (Å²) in [5, 5.41) is 0. The SMILES string of the molecule is CCOC(=O)N1[C@@H](C)[C@]1(C)C(=O)OC. The highest BCUT2D eigenvalue weighted by Gasteiger charge is 2.66. The van der Waals surface area contributed by atoms with Crippen molar-refractivity contribution < 1.29 is 19.1 Å². The molecule has 14 heavy (non-hydrogen) atoms. The molecule has 0 aromatic heterocycles. The van der Waals surface area contributed by atoms with Gasteiger partial charge >= 0.3 is 12.1 Å². The van der Waals surface area contributed by atoms with Gasteiger partial charge in [0.25, 0.3) is 0 Å². The molecular weight excluding hydrogens is 186 g/mol. The van der Waals surface area contributed by atoms with Crippen LogP contribution in [0.5, 0.6) is 0 Å². The molecule has 0 aromatic carbocycles. The lowest BCUT2D eigenvalue weighted by Crippen LogP contribution is -2.30. The summed E-state index contributed by atoms with van der Waals surface area (Å²) < 4.78 is 9.42. The molecule has 1 saturated heterocycles. The summed E-state index contributed by atoms with van der Waals surface area (Å²) in [4.78, 5) is 24.1. The summed E-state index contributed by atoms with van der Waals surface area (Å²) in [5.74, 6) is -0.405. The van der Waals surface area contributed by atoms with Crippen LogP contribution in [0, 0.1) is 0 Å². The molecule has 5 heteroatoms. The van der Waals surface area contributed by atoms with Crippen molar-refractivity contribution in [2.45, 2.75) is 32.4 Å². The predicted octanol–water partition coefficient (Wildman–Crippen LogP) is 0.779. The molecule has 1 heterocycles. The molecule has 5 nitrogen and oxygen atoms in total. The molecule has 0 unspecified atom stereocenters. The Bertz CT molecular complexity index is 266. The van der Waals surface area contributed by atoms with E-state index < -0.39 is 17.6 Å². The van der Waals surface area contributed by atoms with Crippen LogP contribution in [0.4, 0.5) is 4.79 Å². The van der Waals surface area contributed by atoms with Gasteiger partial charge in [0, 0.05) is 0 Å². The fraction of sp³-hybridized carbons (Fsp3) is 0.778. The highest BCUT2D eigenvalue weighted by molar-refractivity contribution is 5.92. The Labute approximate surface area is 83.0 Å². The highest BCUT2D eigenvalue weighted by atomic mass is 16.6. The van der Waals surface area contributed by atoms with Gasteiger partial charge in [0.15, 0.2) is 5.54 Å². The van der Waals surface area contributed by atoms with Gasteiger partial charge in [-0.3, -0.25) is 4.90 Å². The molecule has 0 aromatic rings. The maximum Gasteiger partial charge on any atom is 0.411 e. The Morgan fingerprint density at radius 3 is 2.50 bits per heavy atom. The van der Waals surface area contributed by atoms with E-state index in [1.807, 2.05) is 0 Å². The standard InChI is InChI=1S/C9H15NO4/c1-5-14-8(12)10-6(2)9(10,3)7(11)13-4/h6H,5H2,1-4H3/t6-,9+,10?/m0/s1. The third-order valence-corrected chi connectivity index (χ3v) is 2.70. The zero-order chi connectivity index (χ0) is 10.9. The molecule has 1 aliphatic rings. The number of methoxy groups -OCH3 is 1. The molecule has 1 aliphatic heterocycles. The largest absolute Gasteiger partial charge is 0.467 e. The van der Waals surface area contributed by atoms with Crippen LogP contribution in [0.1, 0.15) is 20.8 Å². The quantitative estimate of drug-likeness (QED) is 0.489. The van der Waals surface area contributed by atoms with Crippen molar-refractivity contribution in [1.82, 2.24) is 4.90 Å². The Morgan fingerprint density at radius 1 is 1.50 bits per heavy atom. The molecule has 1 rings (SSSR count). The molecule has 0 N–H and O–H groups in total. The summed E-state index contributed by atoms with van der Waals surface area (Å²) in [6, 6.07) is -0.158. The van der Waals surface area contributed by atoms with Crippen LogP contribution >= 0.6 is 0 Å². The van der Waals surface area contributed by atoms with Crippen molar-refractivity contribution in [2.24, 2.45) is 0 Å². The van der Waals surface area contributed by atoms with Gasteiger partial charge in [-0.25, -0.2) is 9.59 Å². The zero-order valence-corrected chi connectivity index (χ0v) is 8.86. The predicted molar refractivity (Wildman–Crippen MR) is 48.7 cm³/mol. The minimum atomic E-state index is -0.846. The maximum atomic E-state index is 11.4. The van der Waals surface area contributed by atoms with E-state index in [-0.39, 0.29) is 6.04 Å². The van der Waals surface area contributed by atoms with Crippen molar-refractivity contribution in [2.75, 3.05) is 13.7 Å². The zero-order valence-electron chi connectivity index (χ0n) is 8.86. The number of amides is 1. The van der Waals surface area contributed by atoms with Gasteiger partial charge in [-0.2, -0.15) is 0 Å². The van der Waals surface area contributed by atoms with E-state index in [4.69, 9.17) is 4.74 Å². The highest BCUT2D eigenvalue weighted by Crippen LogP contribution is 2.41. The van der Waals surface area contributed by atoms with Gasteiger partial charge in [0.05, 0.1) is 19.8 Å². The third-order valence-electron chi connectivity index (χ3n) is 2.70. The van der Waals surface area contributed by atoms with Crippen molar-refractivity contribution in [3.63, 3.8) is 0 Å². The summed E-state index contributed by atoms with van der Waals surface area (Å²) in [5.41, 5.74) is -0.846. The molecule has 0 spiro atoms. The van der Waals surface area contributed by atoms with E-state index in [1.165, 1.54) is 12.0 Å². The molecule has 0 radical (unpaired) electrons. The molecule has 2 atom stereocenters. The van der Waals surface area contributed by atoms with Crippen LogP contribution in [0.3, 0.4) is 0 Å². The van der Waals surface area contributed by atoms with Gasteiger partial charge < -0.3 is 9.47 Å². The number of rotatable bonds is 2. The van der Waals surface area contributed by atoms with Crippen molar-refractivity contribution in [3.05, 3.63) is 0 Å². The lowest BCUT2D eigenvalue weighted by atomic mass is 10.1. The fourth-order valence-electron chi connectivity index (χ4n) is 1.57. The minimum Gasteiger partial charge on any atom is -0.467 e. The van der Waals surface area contributed by atoms with E-state index in [1.54, 1.807) is 20.8 Å². The number of carbonyl (C=O) groups is 2. The van der Waals surface area contributed by atoms with Crippen LogP contribution < -0.4 is 0 Å². The Hall–Kier alpha value is -1.26. The molecule has 0 aliphatic carbocycles. The van der Waals surface area contributed by atoms with Gasteiger partial charge in [-0.05, 0) is 20.8 Å². The molecule has 80 valence electrons. The van der Waals surface area contributed by atoms with Crippen LogP contribution in [0.2, 0.25) is 0 Å². The van der Waals surface area contributed by atoms with E-state index in [9.17, 15) is 9.59 Å². The van der Waals surface area contributed by atoms with E-state index >= 15 is 0 Å². The normalized spacial score (nSPS) is 29.7. The third kappa shape index (κ3) is 1.32. The van der Waals surface area contributed by atoms with E-state index in [0.717, 1.165) is 0 Å². The average molecular weight is 201 g/mol. The number of carbonyl (C=O) groups excluding carboxylic acids is 2. The number of nitrogens with zero attached hydrogens (tertiary/aromatic N) is 1. The summed E-state index contributed by atoms with van der Waals surface area (Å²) in [6.45, 7) is 5.48. The number of esters is 1. The summed E-state index contributed by atoms with van der Waals surface area (Å²) >= 11 is 0. The average Bonchev–Trinajstić information content (AvgIpc) is 2.70. The summed E-state index contributed by atoms with van der Waals surface area (Å²) in [7, 11) is 1.31. The lowest BCUT2D eigenvalue weighted by molar-refractivity contribution is -0.144. The van der Waals surface area contributed by atoms with Crippen molar-refractivity contribution in [3.8, 4) is 0 Å². The number of ether oxygens (including phenoxy) is 2. The first-order valence-electron chi connectivity index (χ1n) is 4.54. The van der Waals surface area contributed by atoms with Crippen LogP contribution in [-0.2, 0) is 14.3 Å². The maximum absolute atomic E-state index is 11.4. The van der Waals surface area contributed by atoms with Gasteiger partial charge in [0.2, 0.25) is 0 Å². The first-order chi connectivity index (χ1) is 6.50. The minimum absolute atomic E-state index is 0.158. The number of hydrogen-bond acceptors (Lipinski definition) is 4. The van der Waals surface area contributed by atoms with Crippen LogP contribution in [0.25, 0.3) is 0 Å². The first kappa shape index (κ1) is 10.8. The van der Waals surface area contributed by atoms with Gasteiger partial charge in [-0.15, -0.1) is 0 Å². The second-order valence-electron chi connectivity index (χ2n) is 3.38. The Balaban J connectivity index is 2.69. The number of hydrogen-bond donors (Lipinski definition) is 0. The van der Waals surface area contributed by atoms with Crippen molar-refractivity contribution >= 4 is 12.1 Å². The molecule has 0 saturated carbocycles. The first-order valence-corrected chi connectivity index (χ1v) is 4.54. The topological polar surface area (TPSA) is 55.6 Å². The second kappa shape index (κ2) is 3.48. The lowest BCUT2D eigenvalue weighted by Gasteiger charge is -2.09. The smallest absolute Gasteiger partial charge is 0.411 e. The van der Waals surface area contributed by atoms with E-state index in [0.29, 0.717) is 6.61 Å². The fourth-order valence-corrected chi connectivity index (χ4v) is 1.57. The monoisotopic (exact) mass is 201 g/mol. The molecule has 1 amide bonds. The van der Waals surface area contributed by atoms with Crippen LogP contribution in [0.15, 0.2) is 0 Å². The van der Waals surface area contributed by atoms with E-state index in [2.05, 4.69) is 4.74 Å². The molecule has 1 fully saturated rings. The Morgan fingerprint density at radius 2 is 2.07 bits per heavy atom. The van der Waals surface area contributed by atoms with Crippen molar-refractivity contribution in [1.29, 1.82) is 0 Å². The summed E-state index contributed by atoms with van der Waals surface area (Å²) in [6.07, 6.45) is -0.465. The van der Waals surface area contributed by atoms with Gasteiger partial charge in [0.1, 0.15) is 0 Å². The molecule has 0 bridgehead atoms. The van der Waals surface area contributed by atoms with Crippen LogP contribution in [-0.4, -0.2) is 42.3 Å².